The van der Waals surface area contributed by atoms with E-state index in [9.17, 15) is 23.6 Å². The molecule has 2 N–H and O–H groups in total. The van der Waals surface area contributed by atoms with Gasteiger partial charge in [0.1, 0.15) is 23.9 Å². The fraction of sp³-hybridized carbons (Fsp3) is 0.300. The third kappa shape index (κ3) is 6.05. The number of rotatable bonds is 10. The van der Waals surface area contributed by atoms with Crippen LogP contribution in [0.4, 0.5) is 14.9 Å². The number of benzene rings is 2. The SMILES string of the molecule is COC(=O)Nc1cnc(-c2ccccc2)n(CC(=O)N[C@@H](C(=O)c2nnc(C3(c4ccc(F)cc4)CC3)o2)C(C)C)c1=O. The summed E-state index contributed by atoms with van der Waals surface area (Å²) in [5.41, 5.74) is -0.103. The average Bonchev–Trinajstić information content (AvgIpc) is 3.66. The number of ketones is 1. The van der Waals surface area contributed by atoms with Crippen molar-refractivity contribution in [2.45, 2.75) is 44.7 Å². The molecule has 0 bridgehead atoms. The summed E-state index contributed by atoms with van der Waals surface area (Å²) in [4.78, 5) is 56.2. The Morgan fingerprint density at radius 1 is 1.07 bits per heavy atom. The highest BCUT2D eigenvalue weighted by Crippen LogP contribution is 2.52. The van der Waals surface area contributed by atoms with Crippen molar-refractivity contribution in [1.29, 1.82) is 0 Å². The van der Waals surface area contributed by atoms with Crippen LogP contribution in [0.5, 0.6) is 0 Å². The molecule has 5 rings (SSSR count). The lowest BCUT2D eigenvalue weighted by molar-refractivity contribution is -0.122. The van der Waals surface area contributed by atoms with Crippen molar-refractivity contribution < 1.29 is 27.9 Å². The molecule has 2 aromatic heterocycles. The molecule has 1 saturated carbocycles. The van der Waals surface area contributed by atoms with E-state index in [4.69, 9.17) is 4.42 Å². The summed E-state index contributed by atoms with van der Waals surface area (Å²) < 4.78 is 24.9. The van der Waals surface area contributed by atoms with Crippen molar-refractivity contribution in [2.24, 2.45) is 5.92 Å². The summed E-state index contributed by atoms with van der Waals surface area (Å²) >= 11 is 0. The fourth-order valence-electron chi connectivity index (χ4n) is 4.77. The number of nitrogens with one attached hydrogen (secondary N) is 2. The average molecular weight is 589 g/mol. The molecular formula is C30H29FN6O6. The Morgan fingerprint density at radius 2 is 1.77 bits per heavy atom. The predicted octanol–water partition coefficient (Wildman–Crippen LogP) is 3.71. The fourth-order valence-corrected chi connectivity index (χ4v) is 4.77. The van der Waals surface area contributed by atoms with E-state index >= 15 is 0 Å². The Morgan fingerprint density at radius 3 is 2.40 bits per heavy atom. The molecule has 222 valence electrons. The second kappa shape index (κ2) is 12.0. The third-order valence-corrected chi connectivity index (χ3v) is 7.26. The van der Waals surface area contributed by atoms with Crippen molar-refractivity contribution in [1.82, 2.24) is 25.1 Å². The first-order chi connectivity index (χ1) is 20.6. The van der Waals surface area contributed by atoms with Crippen LogP contribution in [0.25, 0.3) is 11.4 Å². The molecule has 4 aromatic rings. The van der Waals surface area contributed by atoms with Crippen molar-refractivity contribution in [3.05, 3.63) is 94.3 Å². The quantitative estimate of drug-likeness (QED) is 0.263. The zero-order valence-electron chi connectivity index (χ0n) is 23.7. The van der Waals surface area contributed by atoms with Crippen LogP contribution in [-0.4, -0.2) is 50.7 Å². The van der Waals surface area contributed by atoms with E-state index in [0.717, 1.165) is 17.2 Å². The summed E-state index contributed by atoms with van der Waals surface area (Å²) in [7, 11) is 1.15. The standard InChI is InChI=1S/C30H29FN6O6/c1-17(2)23(24(39)26-35-36-28(43-26)30(13-14-30)19-9-11-20(31)12-10-19)34-22(38)16-37-25(18-7-5-4-6-8-18)32-15-21(27(37)40)33-29(41)42-3/h4-12,15,17,23H,13-14,16H2,1-3H3,(H,33,41)(H,34,38)/t23-/m1/s1. The molecule has 43 heavy (non-hydrogen) atoms. The van der Waals surface area contributed by atoms with E-state index in [1.807, 2.05) is 0 Å². The molecule has 2 heterocycles. The monoisotopic (exact) mass is 588 g/mol. The van der Waals surface area contributed by atoms with Gasteiger partial charge in [0.2, 0.25) is 17.6 Å². The molecule has 13 heteroatoms. The number of amides is 2. The number of halogens is 1. The van der Waals surface area contributed by atoms with Gasteiger partial charge in [-0.05, 0) is 36.5 Å². The van der Waals surface area contributed by atoms with Gasteiger partial charge < -0.3 is 14.5 Å². The summed E-state index contributed by atoms with van der Waals surface area (Å²) in [6.07, 6.45) is 1.71. The van der Waals surface area contributed by atoms with E-state index in [0.29, 0.717) is 18.4 Å². The molecule has 1 aliphatic carbocycles. The molecule has 2 amide bonds. The van der Waals surface area contributed by atoms with E-state index in [1.54, 1.807) is 56.3 Å². The van der Waals surface area contributed by atoms with E-state index in [-0.39, 0.29) is 35.0 Å². The molecule has 0 unspecified atom stereocenters. The number of hydrogen-bond acceptors (Lipinski definition) is 9. The van der Waals surface area contributed by atoms with Gasteiger partial charge >= 0.3 is 6.09 Å². The van der Waals surface area contributed by atoms with Gasteiger partial charge in [0, 0.05) is 5.56 Å². The minimum absolute atomic E-state index is 0.181. The molecule has 1 aliphatic rings. The van der Waals surface area contributed by atoms with Crippen molar-refractivity contribution in [3.63, 3.8) is 0 Å². The molecule has 12 nitrogen and oxygen atoms in total. The molecule has 0 radical (unpaired) electrons. The Bertz CT molecular complexity index is 1710. The zero-order valence-corrected chi connectivity index (χ0v) is 23.7. The highest BCUT2D eigenvalue weighted by atomic mass is 19.1. The second-order valence-electron chi connectivity index (χ2n) is 10.5. The highest BCUT2D eigenvalue weighted by Gasteiger charge is 2.51. The maximum absolute atomic E-state index is 13.5. The number of hydrogen-bond donors (Lipinski definition) is 2. The number of ether oxygens (including phenoxy) is 1. The third-order valence-electron chi connectivity index (χ3n) is 7.26. The number of anilines is 1. The lowest BCUT2D eigenvalue weighted by Gasteiger charge is -2.21. The number of methoxy groups -OCH3 is 1. The Hall–Kier alpha value is -5.20. The summed E-state index contributed by atoms with van der Waals surface area (Å²) in [5, 5.41) is 13.1. The number of aromatic nitrogens is 4. The second-order valence-corrected chi connectivity index (χ2v) is 10.5. The first kappa shape index (κ1) is 29.3. The predicted molar refractivity (Wildman–Crippen MR) is 152 cm³/mol. The molecule has 0 spiro atoms. The lowest BCUT2D eigenvalue weighted by Crippen LogP contribution is -2.46. The van der Waals surface area contributed by atoms with Crippen LogP contribution < -0.4 is 16.2 Å². The zero-order chi connectivity index (χ0) is 30.7. The van der Waals surface area contributed by atoms with Gasteiger partial charge in [-0.2, -0.15) is 0 Å². The maximum Gasteiger partial charge on any atom is 0.411 e. The number of Topliss-reactive ketones (excluding diaryl/α,β-unsaturated/α-hetero) is 1. The number of nitrogens with zero attached hydrogens (tertiary/aromatic N) is 4. The van der Waals surface area contributed by atoms with Crippen LogP contribution in [0.3, 0.4) is 0 Å². The normalized spacial score (nSPS) is 14.2. The Balaban J connectivity index is 1.38. The van der Waals surface area contributed by atoms with Gasteiger partial charge in [0.25, 0.3) is 11.4 Å². The van der Waals surface area contributed by atoms with E-state index in [1.165, 1.54) is 18.3 Å². The van der Waals surface area contributed by atoms with Crippen LogP contribution in [-0.2, 0) is 21.5 Å². The first-order valence-corrected chi connectivity index (χ1v) is 13.6. The number of carbonyl (C=O) groups excluding carboxylic acids is 3. The minimum Gasteiger partial charge on any atom is -0.453 e. The number of carbonyl (C=O) groups is 3. The van der Waals surface area contributed by atoms with Crippen molar-refractivity contribution in [2.75, 3.05) is 12.4 Å². The summed E-state index contributed by atoms with van der Waals surface area (Å²) in [5.74, 6) is -1.83. The molecule has 2 aromatic carbocycles. The van der Waals surface area contributed by atoms with Crippen LogP contribution >= 0.6 is 0 Å². The molecular weight excluding hydrogens is 559 g/mol. The van der Waals surface area contributed by atoms with Crippen LogP contribution in [0, 0.1) is 11.7 Å². The molecule has 1 fully saturated rings. The Labute approximate surface area is 245 Å². The summed E-state index contributed by atoms with van der Waals surface area (Å²) in [6, 6.07) is 13.7. The van der Waals surface area contributed by atoms with Gasteiger partial charge in [-0.15, -0.1) is 10.2 Å². The van der Waals surface area contributed by atoms with Crippen molar-refractivity contribution in [3.8, 4) is 11.4 Å². The first-order valence-electron chi connectivity index (χ1n) is 13.6. The maximum atomic E-state index is 13.5. The van der Waals surface area contributed by atoms with Gasteiger partial charge in [-0.25, -0.2) is 14.2 Å². The van der Waals surface area contributed by atoms with E-state index in [2.05, 4.69) is 30.6 Å². The summed E-state index contributed by atoms with van der Waals surface area (Å²) in [6.45, 7) is 2.97. The van der Waals surface area contributed by atoms with Gasteiger partial charge in [-0.3, -0.25) is 24.3 Å². The van der Waals surface area contributed by atoms with Crippen molar-refractivity contribution >= 4 is 23.5 Å². The molecule has 0 saturated heterocycles. The van der Waals surface area contributed by atoms with Gasteiger partial charge in [0.05, 0.1) is 24.8 Å². The molecule has 0 aliphatic heterocycles. The smallest absolute Gasteiger partial charge is 0.411 e. The van der Waals surface area contributed by atoms with E-state index < -0.39 is 41.3 Å². The molecule has 1 atom stereocenters. The minimum atomic E-state index is -1.05. The topological polar surface area (TPSA) is 158 Å². The van der Waals surface area contributed by atoms with Gasteiger partial charge in [0.15, 0.2) is 0 Å². The van der Waals surface area contributed by atoms with Crippen LogP contribution in [0.1, 0.15) is 48.8 Å². The van der Waals surface area contributed by atoms with Gasteiger partial charge in [-0.1, -0.05) is 56.3 Å². The largest absolute Gasteiger partial charge is 0.453 e. The lowest BCUT2D eigenvalue weighted by atomic mass is 9.96. The Kier molecular flexibility index (Phi) is 8.15. The van der Waals surface area contributed by atoms with Crippen LogP contribution in [0.15, 0.2) is 70.0 Å². The van der Waals surface area contributed by atoms with Crippen LogP contribution in [0.2, 0.25) is 0 Å². The highest BCUT2D eigenvalue weighted by molar-refractivity contribution is 5.98.